The molecule has 1 heterocycles. The molecule has 0 bridgehead atoms. The number of ketones is 1. The smallest absolute Gasteiger partial charge is 0.333 e. The summed E-state index contributed by atoms with van der Waals surface area (Å²) in [5, 5.41) is 0. The van der Waals surface area contributed by atoms with Crippen LogP contribution in [-0.2, 0) is 16.0 Å². The number of Topliss-reactive ketones (excluding diaryl/α,β-unsaturated/α-hetero) is 1. The van der Waals surface area contributed by atoms with E-state index in [0.29, 0.717) is 11.3 Å². The number of fused-ring (bicyclic) bond motifs is 2. The topological polar surface area (TPSA) is 56.5 Å². The van der Waals surface area contributed by atoms with Crippen molar-refractivity contribution in [2.75, 3.05) is 0 Å². The Labute approximate surface area is 149 Å². The minimum atomic E-state index is -0.250. The molecule has 4 nitrogen and oxygen atoms in total. The van der Waals surface area contributed by atoms with Gasteiger partial charge < -0.3 is 9.15 Å². The lowest BCUT2D eigenvalue weighted by molar-refractivity contribution is -0.154. The molecule has 4 atom stereocenters. The van der Waals surface area contributed by atoms with E-state index in [0.717, 1.165) is 36.1 Å². The van der Waals surface area contributed by atoms with Gasteiger partial charge in [-0.1, -0.05) is 19.9 Å². The van der Waals surface area contributed by atoms with E-state index in [1.165, 1.54) is 0 Å². The van der Waals surface area contributed by atoms with E-state index in [2.05, 4.69) is 13.8 Å². The Bertz CT molecular complexity index is 754. The molecule has 1 saturated carbocycles. The van der Waals surface area contributed by atoms with Gasteiger partial charge in [0.1, 0.15) is 11.9 Å². The SMILES string of the molecule is CC=C(C)C(=O)O[C@@H]1CC[C@H]2C(=O)c3oc(C)c(C)c3C[C@]2(C)[C@H]1C. The molecule has 0 spiro atoms. The van der Waals surface area contributed by atoms with Crippen molar-refractivity contribution in [2.24, 2.45) is 17.3 Å². The number of ether oxygens (including phenoxy) is 1. The highest BCUT2D eigenvalue weighted by molar-refractivity contribution is 5.99. The molecule has 2 aliphatic rings. The van der Waals surface area contributed by atoms with Crippen molar-refractivity contribution in [3.05, 3.63) is 34.3 Å². The zero-order valence-corrected chi connectivity index (χ0v) is 16.1. The predicted molar refractivity (Wildman–Crippen MR) is 95.5 cm³/mol. The fourth-order valence-corrected chi connectivity index (χ4v) is 4.50. The average molecular weight is 344 g/mol. The molecule has 1 fully saturated rings. The average Bonchev–Trinajstić information content (AvgIpc) is 2.86. The van der Waals surface area contributed by atoms with E-state index in [4.69, 9.17) is 9.15 Å². The van der Waals surface area contributed by atoms with Gasteiger partial charge in [0.05, 0.1) is 0 Å². The molecular weight excluding hydrogens is 316 g/mol. The molecule has 0 N–H and O–H groups in total. The lowest BCUT2D eigenvalue weighted by Crippen LogP contribution is -2.52. The Hall–Kier alpha value is -1.84. The zero-order valence-electron chi connectivity index (χ0n) is 16.1. The second-order valence-electron chi connectivity index (χ2n) is 7.97. The van der Waals surface area contributed by atoms with E-state index in [1.54, 1.807) is 13.0 Å². The highest BCUT2D eigenvalue weighted by atomic mass is 16.5. The fraction of sp³-hybridized carbons (Fsp3) is 0.619. The van der Waals surface area contributed by atoms with E-state index in [9.17, 15) is 9.59 Å². The summed E-state index contributed by atoms with van der Waals surface area (Å²) in [4.78, 5) is 25.2. The number of hydrogen-bond donors (Lipinski definition) is 0. The van der Waals surface area contributed by atoms with Crippen LogP contribution < -0.4 is 0 Å². The molecule has 2 aliphatic carbocycles. The number of aryl methyl sites for hydroxylation is 1. The molecule has 136 valence electrons. The first-order valence-electron chi connectivity index (χ1n) is 9.17. The molecule has 1 aromatic rings. The Morgan fingerprint density at radius 1 is 1.32 bits per heavy atom. The minimum absolute atomic E-state index is 0.0577. The summed E-state index contributed by atoms with van der Waals surface area (Å²) in [5.41, 5.74) is 2.55. The summed E-state index contributed by atoms with van der Waals surface area (Å²) < 4.78 is 11.6. The zero-order chi connectivity index (χ0) is 18.5. The van der Waals surface area contributed by atoms with Gasteiger partial charge in [-0.3, -0.25) is 4.79 Å². The van der Waals surface area contributed by atoms with Crippen molar-refractivity contribution in [2.45, 2.75) is 66.9 Å². The van der Waals surface area contributed by atoms with E-state index in [-0.39, 0.29) is 35.1 Å². The number of allylic oxidation sites excluding steroid dienone is 1. The maximum absolute atomic E-state index is 13.0. The summed E-state index contributed by atoms with van der Waals surface area (Å²) in [7, 11) is 0. The number of furan rings is 1. The van der Waals surface area contributed by atoms with Gasteiger partial charge >= 0.3 is 5.97 Å². The van der Waals surface area contributed by atoms with Crippen LogP contribution in [0.3, 0.4) is 0 Å². The summed E-state index contributed by atoms with van der Waals surface area (Å²) in [6.45, 7) is 11.8. The van der Waals surface area contributed by atoms with E-state index >= 15 is 0 Å². The molecule has 0 radical (unpaired) electrons. The van der Waals surface area contributed by atoms with Crippen molar-refractivity contribution < 1.29 is 18.7 Å². The summed E-state index contributed by atoms with van der Waals surface area (Å²) in [6, 6.07) is 0. The van der Waals surface area contributed by atoms with Crippen molar-refractivity contribution >= 4 is 11.8 Å². The van der Waals surface area contributed by atoms with E-state index < -0.39 is 0 Å². The highest BCUT2D eigenvalue weighted by Gasteiger charge is 2.54. The van der Waals surface area contributed by atoms with Gasteiger partial charge in [-0.25, -0.2) is 4.79 Å². The van der Waals surface area contributed by atoms with Crippen LogP contribution >= 0.6 is 0 Å². The molecule has 0 unspecified atom stereocenters. The molecule has 0 aliphatic heterocycles. The van der Waals surface area contributed by atoms with Gasteiger partial charge in [0, 0.05) is 17.1 Å². The third kappa shape index (κ3) is 2.66. The Morgan fingerprint density at radius 3 is 2.64 bits per heavy atom. The van der Waals surface area contributed by atoms with Crippen molar-refractivity contribution in [1.29, 1.82) is 0 Å². The first-order valence-corrected chi connectivity index (χ1v) is 9.17. The second-order valence-corrected chi connectivity index (χ2v) is 7.97. The molecular formula is C21H28O4. The van der Waals surface area contributed by atoms with Gasteiger partial charge in [-0.05, 0) is 63.9 Å². The number of carbonyl (C=O) groups excluding carboxylic acids is 2. The molecule has 3 rings (SSSR count). The van der Waals surface area contributed by atoms with Gasteiger partial charge in [-0.2, -0.15) is 0 Å². The molecule has 1 aromatic heterocycles. The Balaban J connectivity index is 1.91. The maximum Gasteiger partial charge on any atom is 0.333 e. The lowest BCUT2D eigenvalue weighted by Gasteiger charge is -2.50. The minimum Gasteiger partial charge on any atom is -0.459 e. The molecule has 4 heteroatoms. The van der Waals surface area contributed by atoms with Gasteiger partial charge in [-0.15, -0.1) is 0 Å². The first-order chi connectivity index (χ1) is 11.7. The van der Waals surface area contributed by atoms with Crippen LogP contribution in [0.5, 0.6) is 0 Å². The third-order valence-electron chi connectivity index (χ3n) is 6.76. The standard InChI is InChI=1S/C21H28O4/c1-7-11(2)20(23)25-17-9-8-16-18(22)19-15(12(3)14(5)24-19)10-21(16,6)13(17)4/h7,13,16-17H,8-10H2,1-6H3/t13-,16-,17+,21+/m0/s1. The Kier molecular flexibility index (Phi) is 4.42. The lowest BCUT2D eigenvalue weighted by atomic mass is 9.54. The molecule has 0 aromatic carbocycles. The third-order valence-corrected chi connectivity index (χ3v) is 6.76. The van der Waals surface area contributed by atoms with Crippen LogP contribution in [-0.4, -0.2) is 17.9 Å². The summed E-state index contributed by atoms with van der Waals surface area (Å²) in [5.74, 6) is 1.33. The monoisotopic (exact) mass is 344 g/mol. The van der Waals surface area contributed by atoms with Crippen LogP contribution in [0.4, 0.5) is 0 Å². The van der Waals surface area contributed by atoms with Gasteiger partial charge in [0.15, 0.2) is 5.76 Å². The van der Waals surface area contributed by atoms with Crippen LogP contribution in [0.1, 0.15) is 68.0 Å². The highest BCUT2D eigenvalue weighted by Crippen LogP contribution is 2.53. The van der Waals surface area contributed by atoms with E-state index in [1.807, 2.05) is 20.8 Å². The number of rotatable bonds is 2. The van der Waals surface area contributed by atoms with Crippen LogP contribution in [0.2, 0.25) is 0 Å². The normalized spacial score (nSPS) is 32.2. The van der Waals surface area contributed by atoms with Crippen molar-refractivity contribution in [3.8, 4) is 0 Å². The fourth-order valence-electron chi connectivity index (χ4n) is 4.50. The van der Waals surface area contributed by atoms with Crippen LogP contribution in [0.25, 0.3) is 0 Å². The van der Waals surface area contributed by atoms with Gasteiger partial charge in [0.2, 0.25) is 5.78 Å². The molecule has 25 heavy (non-hydrogen) atoms. The second kappa shape index (κ2) is 6.15. The van der Waals surface area contributed by atoms with Crippen molar-refractivity contribution in [3.63, 3.8) is 0 Å². The summed E-state index contributed by atoms with van der Waals surface area (Å²) >= 11 is 0. The van der Waals surface area contributed by atoms with Crippen molar-refractivity contribution in [1.82, 2.24) is 0 Å². The summed E-state index contributed by atoms with van der Waals surface area (Å²) in [6.07, 6.45) is 3.90. The molecule has 0 amide bonds. The van der Waals surface area contributed by atoms with Crippen LogP contribution in [0, 0.1) is 31.1 Å². The number of carbonyl (C=O) groups is 2. The quantitative estimate of drug-likeness (QED) is 0.583. The Morgan fingerprint density at radius 2 is 2.00 bits per heavy atom. The number of hydrogen-bond acceptors (Lipinski definition) is 4. The van der Waals surface area contributed by atoms with Crippen LogP contribution in [0.15, 0.2) is 16.1 Å². The predicted octanol–water partition coefficient (Wildman–Crippen LogP) is 4.57. The van der Waals surface area contributed by atoms with Gasteiger partial charge in [0.25, 0.3) is 0 Å². The maximum atomic E-state index is 13.0. The first kappa shape index (κ1) is 18.0. The molecule has 0 saturated heterocycles. The number of esters is 1. The largest absolute Gasteiger partial charge is 0.459 e.